The molecule has 0 spiro atoms. The molecule has 9 nitrogen and oxygen atoms in total. The van der Waals surface area contributed by atoms with Crippen LogP contribution in [0.15, 0.2) is 28.8 Å². The van der Waals surface area contributed by atoms with Crippen LogP contribution < -0.4 is 4.74 Å². The normalized spacial score (nSPS) is 18.0. The maximum Gasteiger partial charge on any atom is 0.246 e. The second-order valence-corrected chi connectivity index (χ2v) is 8.88. The maximum absolute atomic E-state index is 12.7. The Bertz CT molecular complexity index is 943. The third kappa shape index (κ3) is 4.68. The smallest absolute Gasteiger partial charge is 0.246 e. The zero-order valence-electron chi connectivity index (χ0n) is 16.2. The summed E-state index contributed by atoms with van der Waals surface area (Å²) in [6.07, 6.45) is 2.49. The van der Waals surface area contributed by atoms with Gasteiger partial charge in [0.25, 0.3) is 0 Å². The minimum Gasteiger partial charge on any atom is -0.497 e. The van der Waals surface area contributed by atoms with E-state index in [2.05, 4.69) is 10.1 Å². The highest BCUT2D eigenvalue weighted by molar-refractivity contribution is 7.88. The van der Waals surface area contributed by atoms with Crippen molar-refractivity contribution < 1.29 is 22.5 Å². The Labute approximate surface area is 164 Å². The largest absolute Gasteiger partial charge is 0.497 e. The van der Waals surface area contributed by atoms with Gasteiger partial charge in [0.2, 0.25) is 27.6 Å². The highest BCUT2D eigenvalue weighted by atomic mass is 32.2. The average Bonchev–Trinajstić information content (AvgIpc) is 3.15. The van der Waals surface area contributed by atoms with E-state index in [1.54, 1.807) is 20.2 Å². The van der Waals surface area contributed by atoms with E-state index < -0.39 is 10.0 Å². The van der Waals surface area contributed by atoms with Crippen LogP contribution in [0, 0.1) is 5.92 Å². The van der Waals surface area contributed by atoms with Crippen molar-refractivity contribution in [2.75, 3.05) is 33.5 Å². The number of benzene rings is 1. The fourth-order valence-electron chi connectivity index (χ4n) is 3.24. The van der Waals surface area contributed by atoms with E-state index in [1.165, 1.54) is 15.5 Å². The Morgan fingerprint density at radius 1 is 1.43 bits per heavy atom. The Hall–Kier alpha value is -2.46. The van der Waals surface area contributed by atoms with Gasteiger partial charge in [-0.2, -0.15) is 4.98 Å². The SMILES string of the molecule is COc1cccc(-c2noc(CN(C)C(=O)C3CCCN(S(C)(=O)=O)C3)n2)c1. The van der Waals surface area contributed by atoms with E-state index in [0.29, 0.717) is 36.9 Å². The summed E-state index contributed by atoms with van der Waals surface area (Å²) < 4.78 is 35.3. The van der Waals surface area contributed by atoms with Gasteiger partial charge in [-0.3, -0.25) is 4.79 Å². The van der Waals surface area contributed by atoms with Crippen molar-refractivity contribution in [2.45, 2.75) is 19.4 Å². The molecular weight excluding hydrogens is 384 g/mol. The molecule has 10 heteroatoms. The first-order chi connectivity index (χ1) is 13.3. The number of ether oxygens (including phenoxy) is 1. The summed E-state index contributed by atoms with van der Waals surface area (Å²) in [5.74, 6) is 0.910. The molecule has 2 heterocycles. The van der Waals surface area contributed by atoms with Gasteiger partial charge in [0.05, 0.1) is 25.8 Å². The predicted molar refractivity (Wildman–Crippen MR) is 102 cm³/mol. The van der Waals surface area contributed by atoms with Gasteiger partial charge in [0, 0.05) is 25.7 Å². The predicted octanol–water partition coefficient (Wildman–Crippen LogP) is 1.38. The van der Waals surface area contributed by atoms with Gasteiger partial charge in [0.15, 0.2) is 0 Å². The zero-order chi connectivity index (χ0) is 20.3. The molecule has 1 saturated heterocycles. The number of methoxy groups -OCH3 is 1. The molecule has 0 radical (unpaired) electrons. The number of sulfonamides is 1. The first kappa shape index (κ1) is 20.3. The molecule has 1 amide bonds. The van der Waals surface area contributed by atoms with Crippen LogP contribution in [0.4, 0.5) is 0 Å². The molecule has 1 unspecified atom stereocenters. The lowest BCUT2D eigenvalue weighted by Gasteiger charge is -2.32. The molecule has 1 aliphatic heterocycles. The van der Waals surface area contributed by atoms with E-state index >= 15 is 0 Å². The number of aromatic nitrogens is 2. The average molecular weight is 408 g/mol. The fraction of sp³-hybridized carbons (Fsp3) is 0.500. The minimum absolute atomic E-state index is 0.130. The molecule has 28 heavy (non-hydrogen) atoms. The molecule has 1 aliphatic rings. The Balaban J connectivity index is 1.65. The van der Waals surface area contributed by atoms with Gasteiger partial charge in [-0.05, 0) is 25.0 Å². The van der Waals surface area contributed by atoms with E-state index in [1.807, 2.05) is 18.2 Å². The van der Waals surface area contributed by atoms with Crippen molar-refractivity contribution in [1.82, 2.24) is 19.3 Å². The lowest BCUT2D eigenvalue weighted by molar-refractivity contribution is -0.136. The van der Waals surface area contributed by atoms with E-state index in [4.69, 9.17) is 9.26 Å². The number of carbonyl (C=O) groups excluding carboxylic acids is 1. The van der Waals surface area contributed by atoms with Gasteiger partial charge in [-0.25, -0.2) is 12.7 Å². The standard InChI is InChI=1S/C18H24N4O5S/c1-21(18(23)14-7-5-9-22(11-14)28(3,24)25)12-16-19-17(20-27-16)13-6-4-8-15(10-13)26-2/h4,6,8,10,14H,5,7,9,11-12H2,1-3H3. The summed E-state index contributed by atoms with van der Waals surface area (Å²) in [7, 11) is -0.0677. The summed E-state index contributed by atoms with van der Waals surface area (Å²) in [6, 6.07) is 7.29. The van der Waals surface area contributed by atoms with Crippen molar-refractivity contribution in [1.29, 1.82) is 0 Å². The zero-order valence-corrected chi connectivity index (χ0v) is 17.0. The van der Waals surface area contributed by atoms with Crippen molar-refractivity contribution in [3.63, 3.8) is 0 Å². The van der Waals surface area contributed by atoms with Crippen molar-refractivity contribution >= 4 is 15.9 Å². The monoisotopic (exact) mass is 408 g/mol. The van der Waals surface area contributed by atoms with E-state index in [0.717, 1.165) is 5.56 Å². The third-order valence-corrected chi connectivity index (χ3v) is 6.02. The van der Waals surface area contributed by atoms with Crippen LogP contribution in [0.1, 0.15) is 18.7 Å². The topological polar surface area (TPSA) is 106 Å². The first-order valence-electron chi connectivity index (χ1n) is 8.95. The fourth-order valence-corrected chi connectivity index (χ4v) is 4.15. The van der Waals surface area contributed by atoms with Gasteiger partial charge < -0.3 is 14.2 Å². The van der Waals surface area contributed by atoms with Crippen LogP contribution in [0.3, 0.4) is 0 Å². The first-order valence-corrected chi connectivity index (χ1v) is 10.8. The number of piperidine rings is 1. The van der Waals surface area contributed by atoms with Crippen LogP contribution in [-0.2, 0) is 21.4 Å². The van der Waals surface area contributed by atoms with Crippen LogP contribution in [-0.4, -0.2) is 67.2 Å². The number of hydrogen-bond donors (Lipinski definition) is 0. The maximum atomic E-state index is 12.7. The quantitative estimate of drug-likeness (QED) is 0.711. The molecule has 3 rings (SSSR count). The van der Waals surface area contributed by atoms with E-state index in [9.17, 15) is 13.2 Å². The minimum atomic E-state index is -3.30. The molecule has 1 atom stereocenters. The Morgan fingerprint density at radius 3 is 2.93 bits per heavy atom. The van der Waals surface area contributed by atoms with Crippen molar-refractivity contribution in [2.24, 2.45) is 5.92 Å². The van der Waals surface area contributed by atoms with Crippen molar-refractivity contribution in [3.05, 3.63) is 30.2 Å². The number of amides is 1. The Kier molecular flexibility index (Phi) is 5.99. The molecule has 0 saturated carbocycles. The second kappa shape index (κ2) is 8.27. The van der Waals surface area contributed by atoms with Crippen LogP contribution >= 0.6 is 0 Å². The van der Waals surface area contributed by atoms with Gasteiger partial charge in [0.1, 0.15) is 5.75 Å². The summed E-state index contributed by atoms with van der Waals surface area (Å²) in [5, 5.41) is 3.96. The molecule has 1 aromatic heterocycles. The van der Waals surface area contributed by atoms with Gasteiger partial charge >= 0.3 is 0 Å². The molecule has 0 aliphatic carbocycles. The van der Waals surface area contributed by atoms with Crippen LogP contribution in [0.5, 0.6) is 5.75 Å². The second-order valence-electron chi connectivity index (χ2n) is 6.90. The number of nitrogens with zero attached hydrogens (tertiary/aromatic N) is 4. The van der Waals surface area contributed by atoms with E-state index in [-0.39, 0.29) is 24.9 Å². The lowest BCUT2D eigenvalue weighted by Crippen LogP contribution is -2.45. The lowest BCUT2D eigenvalue weighted by atomic mass is 9.98. The summed E-state index contributed by atoms with van der Waals surface area (Å²) >= 11 is 0. The van der Waals surface area contributed by atoms with Crippen LogP contribution in [0.25, 0.3) is 11.4 Å². The molecule has 1 fully saturated rings. The van der Waals surface area contributed by atoms with Gasteiger partial charge in [-0.1, -0.05) is 17.3 Å². The van der Waals surface area contributed by atoms with Crippen molar-refractivity contribution in [3.8, 4) is 17.1 Å². The number of rotatable bonds is 6. The molecule has 0 bridgehead atoms. The Morgan fingerprint density at radius 2 is 2.21 bits per heavy atom. The summed E-state index contributed by atoms with van der Waals surface area (Å²) in [5.41, 5.74) is 0.749. The summed E-state index contributed by atoms with van der Waals surface area (Å²) in [6.45, 7) is 0.825. The van der Waals surface area contributed by atoms with Gasteiger partial charge in [-0.15, -0.1) is 0 Å². The highest BCUT2D eigenvalue weighted by Gasteiger charge is 2.32. The third-order valence-electron chi connectivity index (χ3n) is 4.75. The number of carbonyl (C=O) groups is 1. The molecular formula is C18H24N4O5S. The van der Waals surface area contributed by atoms with Crippen LogP contribution in [0.2, 0.25) is 0 Å². The molecule has 1 aromatic carbocycles. The molecule has 0 N–H and O–H groups in total. The summed E-state index contributed by atoms with van der Waals surface area (Å²) in [4.78, 5) is 18.6. The molecule has 2 aromatic rings. The molecule has 152 valence electrons. The number of hydrogen-bond acceptors (Lipinski definition) is 7. The highest BCUT2D eigenvalue weighted by Crippen LogP contribution is 2.23.